The summed E-state index contributed by atoms with van der Waals surface area (Å²) in [5, 5.41) is 6.33. The Kier molecular flexibility index (Phi) is 6.44. The third kappa shape index (κ3) is 5.58. The minimum atomic E-state index is -0.372. The molecule has 0 aliphatic rings. The zero-order chi connectivity index (χ0) is 16.7. The van der Waals surface area contributed by atoms with Gasteiger partial charge in [0.25, 0.3) is 5.91 Å². The highest BCUT2D eigenvalue weighted by Crippen LogP contribution is 2.14. The molecule has 0 heterocycles. The van der Waals surface area contributed by atoms with E-state index in [1.807, 2.05) is 24.3 Å². The van der Waals surface area contributed by atoms with Crippen molar-refractivity contribution in [2.75, 3.05) is 13.1 Å². The summed E-state index contributed by atoms with van der Waals surface area (Å²) < 4.78 is 0. The van der Waals surface area contributed by atoms with E-state index in [2.05, 4.69) is 10.6 Å². The third-order valence-corrected chi connectivity index (χ3v) is 3.76. The Bertz CT molecular complexity index is 687. The van der Waals surface area contributed by atoms with Crippen LogP contribution in [0.2, 0.25) is 10.0 Å². The van der Waals surface area contributed by atoms with Gasteiger partial charge in [0.05, 0.1) is 17.1 Å². The molecule has 4 nitrogen and oxygen atoms in total. The van der Waals surface area contributed by atoms with Crippen molar-refractivity contribution in [1.82, 2.24) is 10.6 Å². The number of hydrogen-bond donors (Lipinski definition) is 2. The second-order valence-electron chi connectivity index (χ2n) is 4.89. The normalized spacial score (nSPS) is 10.2. The predicted molar refractivity (Wildman–Crippen MR) is 92.0 cm³/mol. The monoisotopic (exact) mass is 350 g/mol. The Morgan fingerprint density at radius 2 is 1.61 bits per heavy atom. The molecule has 2 amide bonds. The predicted octanol–water partition coefficient (Wildman–Crippen LogP) is 3.08. The number of nitrogens with one attached hydrogen (secondary N) is 2. The van der Waals surface area contributed by atoms with Gasteiger partial charge in [0, 0.05) is 11.6 Å². The van der Waals surface area contributed by atoms with Gasteiger partial charge in [0.1, 0.15) is 0 Å². The molecule has 0 spiro atoms. The minimum Gasteiger partial charge on any atom is -0.354 e. The SMILES string of the molecule is O=C(CNC(=O)c1ccccc1Cl)NCCc1ccc(Cl)cc1. The van der Waals surface area contributed by atoms with Crippen molar-refractivity contribution in [3.63, 3.8) is 0 Å². The number of amides is 2. The van der Waals surface area contributed by atoms with E-state index in [4.69, 9.17) is 23.2 Å². The fraction of sp³-hybridized carbons (Fsp3) is 0.176. The number of halogens is 2. The number of benzene rings is 2. The van der Waals surface area contributed by atoms with E-state index in [1.165, 1.54) is 0 Å². The lowest BCUT2D eigenvalue weighted by Gasteiger charge is -2.08. The number of rotatable bonds is 6. The molecule has 0 unspecified atom stereocenters. The molecule has 0 aliphatic heterocycles. The zero-order valence-corrected chi connectivity index (χ0v) is 13.8. The Balaban J connectivity index is 1.72. The lowest BCUT2D eigenvalue weighted by atomic mass is 10.1. The van der Waals surface area contributed by atoms with Gasteiger partial charge in [0.2, 0.25) is 5.91 Å². The molecule has 0 fully saturated rings. The van der Waals surface area contributed by atoms with Crippen molar-refractivity contribution in [2.24, 2.45) is 0 Å². The van der Waals surface area contributed by atoms with E-state index in [0.29, 0.717) is 28.6 Å². The van der Waals surface area contributed by atoms with Crippen molar-refractivity contribution in [3.05, 3.63) is 69.7 Å². The van der Waals surface area contributed by atoms with Crippen LogP contribution in [-0.2, 0) is 11.2 Å². The molecule has 2 aromatic carbocycles. The summed E-state index contributed by atoms with van der Waals surface area (Å²) in [4.78, 5) is 23.6. The van der Waals surface area contributed by atoms with E-state index >= 15 is 0 Å². The molecular formula is C17H16Cl2N2O2. The van der Waals surface area contributed by atoms with Crippen molar-refractivity contribution >= 4 is 35.0 Å². The average molecular weight is 351 g/mol. The molecule has 2 rings (SSSR count). The first-order chi connectivity index (χ1) is 11.1. The summed E-state index contributed by atoms with van der Waals surface area (Å²) >= 11 is 11.7. The fourth-order valence-electron chi connectivity index (χ4n) is 1.96. The number of carbonyl (C=O) groups excluding carboxylic acids is 2. The van der Waals surface area contributed by atoms with Crippen molar-refractivity contribution in [1.29, 1.82) is 0 Å². The second-order valence-corrected chi connectivity index (χ2v) is 5.73. The Morgan fingerprint density at radius 3 is 2.30 bits per heavy atom. The maximum Gasteiger partial charge on any atom is 0.253 e. The van der Waals surface area contributed by atoms with Crippen LogP contribution in [0.15, 0.2) is 48.5 Å². The minimum absolute atomic E-state index is 0.0926. The highest BCUT2D eigenvalue weighted by atomic mass is 35.5. The second kappa shape index (κ2) is 8.56. The average Bonchev–Trinajstić information content (AvgIpc) is 2.55. The quantitative estimate of drug-likeness (QED) is 0.840. The van der Waals surface area contributed by atoms with E-state index in [-0.39, 0.29) is 18.4 Å². The highest BCUT2D eigenvalue weighted by molar-refractivity contribution is 6.33. The molecule has 2 N–H and O–H groups in total. The van der Waals surface area contributed by atoms with Gasteiger partial charge >= 0.3 is 0 Å². The third-order valence-electron chi connectivity index (χ3n) is 3.18. The van der Waals surface area contributed by atoms with Gasteiger partial charge in [-0.3, -0.25) is 9.59 Å². The zero-order valence-electron chi connectivity index (χ0n) is 12.3. The van der Waals surface area contributed by atoms with Crippen LogP contribution >= 0.6 is 23.2 Å². The van der Waals surface area contributed by atoms with Crippen LogP contribution in [0.5, 0.6) is 0 Å². The smallest absolute Gasteiger partial charge is 0.253 e. The number of hydrogen-bond acceptors (Lipinski definition) is 2. The lowest BCUT2D eigenvalue weighted by molar-refractivity contribution is -0.120. The molecule has 23 heavy (non-hydrogen) atoms. The van der Waals surface area contributed by atoms with E-state index in [0.717, 1.165) is 5.56 Å². The maximum absolute atomic E-state index is 11.9. The van der Waals surface area contributed by atoms with Gasteiger partial charge in [-0.15, -0.1) is 0 Å². The van der Waals surface area contributed by atoms with Gasteiger partial charge in [-0.2, -0.15) is 0 Å². The van der Waals surface area contributed by atoms with Crippen molar-refractivity contribution in [2.45, 2.75) is 6.42 Å². The topological polar surface area (TPSA) is 58.2 Å². The van der Waals surface area contributed by atoms with Crippen LogP contribution in [0.1, 0.15) is 15.9 Å². The van der Waals surface area contributed by atoms with Crippen LogP contribution in [0.3, 0.4) is 0 Å². The number of carbonyl (C=O) groups is 2. The standard InChI is InChI=1S/C17H16Cl2N2O2/c18-13-7-5-12(6-8-13)9-10-20-16(22)11-21-17(23)14-3-1-2-4-15(14)19/h1-8H,9-11H2,(H,20,22)(H,21,23). The van der Waals surface area contributed by atoms with E-state index in [1.54, 1.807) is 24.3 Å². The highest BCUT2D eigenvalue weighted by Gasteiger charge is 2.10. The summed E-state index contributed by atoms with van der Waals surface area (Å²) in [6.45, 7) is 0.396. The summed E-state index contributed by atoms with van der Waals surface area (Å²) in [5.41, 5.74) is 1.43. The molecule has 0 bridgehead atoms. The molecule has 0 saturated heterocycles. The van der Waals surface area contributed by atoms with Crippen molar-refractivity contribution in [3.8, 4) is 0 Å². The summed E-state index contributed by atoms with van der Waals surface area (Å²) in [6, 6.07) is 14.1. The van der Waals surface area contributed by atoms with Crippen LogP contribution < -0.4 is 10.6 Å². The first-order valence-electron chi connectivity index (χ1n) is 7.10. The van der Waals surface area contributed by atoms with Crippen LogP contribution in [0, 0.1) is 0 Å². The Labute approximate surface area is 144 Å². The largest absolute Gasteiger partial charge is 0.354 e. The molecule has 0 atom stereocenters. The van der Waals surface area contributed by atoms with Gasteiger partial charge in [-0.05, 0) is 36.2 Å². The molecule has 0 aliphatic carbocycles. The summed E-state index contributed by atoms with van der Waals surface area (Å²) in [5.74, 6) is -0.622. The van der Waals surface area contributed by atoms with Gasteiger partial charge in [-0.25, -0.2) is 0 Å². The van der Waals surface area contributed by atoms with Gasteiger partial charge in [0.15, 0.2) is 0 Å². The molecule has 0 radical (unpaired) electrons. The molecule has 2 aromatic rings. The summed E-state index contributed by atoms with van der Waals surface area (Å²) in [6.07, 6.45) is 0.696. The first-order valence-corrected chi connectivity index (χ1v) is 7.86. The Hall–Kier alpha value is -2.04. The van der Waals surface area contributed by atoms with Crippen LogP contribution in [0.25, 0.3) is 0 Å². The van der Waals surface area contributed by atoms with Crippen LogP contribution in [-0.4, -0.2) is 24.9 Å². The Morgan fingerprint density at radius 1 is 0.913 bits per heavy atom. The summed E-state index contributed by atoms with van der Waals surface area (Å²) in [7, 11) is 0. The molecule has 6 heteroatoms. The molecule has 0 aromatic heterocycles. The fourth-order valence-corrected chi connectivity index (χ4v) is 2.31. The van der Waals surface area contributed by atoms with Gasteiger partial charge < -0.3 is 10.6 Å². The van der Waals surface area contributed by atoms with Crippen LogP contribution in [0.4, 0.5) is 0 Å². The maximum atomic E-state index is 11.9. The molecule has 120 valence electrons. The molecular weight excluding hydrogens is 335 g/mol. The molecule has 0 saturated carbocycles. The van der Waals surface area contributed by atoms with Crippen molar-refractivity contribution < 1.29 is 9.59 Å². The van der Waals surface area contributed by atoms with E-state index < -0.39 is 0 Å². The van der Waals surface area contributed by atoms with Gasteiger partial charge in [-0.1, -0.05) is 47.5 Å². The lowest BCUT2D eigenvalue weighted by Crippen LogP contribution is -2.37. The van der Waals surface area contributed by atoms with E-state index in [9.17, 15) is 9.59 Å². The first kappa shape index (κ1) is 17.3.